The number of ether oxygens (including phenoxy) is 1. The van der Waals surface area contributed by atoms with Gasteiger partial charge >= 0.3 is 37.4 Å². The molecule has 1 amide bonds. The summed E-state index contributed by atoms with van der Waals surface area (Å²) in [5, 5.41) is 52.0. The number of rotatable bonds is 7. The Morgan fingerprint density at radius 3 is 2.35 bits per heavy atom. The summed E-state index contributed by atoms with van der Waals surface area (Å²) in [6.07, 6.45) is -8.76. The van der Waals surface area contributed by atoms with Crippen LogP contribution in [-0.2, 0) is 23.4 Å². The summed E-state index contributed by atoms with van der Waals surface area (Å²) in [5.74, 6) is -6.17. The van der Waals surface area contributed by atoms with E-state index in [0.717, 1.165) is 6.92 Å². The van der Waals surface area contributed by atoms with Crippen molar-refractivity contribution in [3.05, 3.63) is 0 Å². The molecule has 1 aliphatic heterocycles. The number of aliphatic hydroxyl groups is 4. The SMILES string of the molecule is CC(=O)N[C@H]1[C@H]([C@H](O)[C@H](O)CO)O[C@](OP(=O)(O)O)(C(=O)[O-])C[C@@H]1O.[Na+]. The number of carbonyl (C=O) groups is 2. The zero-order chi connectivity index (χ0) is 19.6. The van der Waals surface area contributed by atoms with Gasteiger partial charge in [-0.05, 0) is 0 Å². The molecule has 1 saturated heterocycles. The van der Waals surface area contributed by atoms with E-state index in [0.29, 0.717) is 0 Å². The zero-order valence-electron chi connectivity index (χ0n) is 13.9. The predicted molar refractivity (Wildman–Crippen MR) is 73.1 cm³/mol. The molecule has 15 heteroatoms. The molecule has 0 aromatic carbocycles. The Hall–Kier alpha value is -0.150. The van der Waals surface area contributed by atoms with Crippen LogP contribution in [0.1, 0.15) is 13.3 Å². The van der Waals surface area contributed by atoms with Gasteiger partial charge in [0.15, 0.2) is 0 Å². The molecule has 0 aliphatic carbocycles. The molecule has 1 heterocycles. The minimum Gasteiger partial charge on any atom is -0.544 e. The van der Waals surface area contributed by atoms with E-state index >= 15 is 0 Å². The van der Waals surface area contributed by atoms with Gasteiger partial charge in [0, 0.05) is 13.3 Å². The third-order valence-electron chi connectivity index (χ3n) is 3.44. The van der Waals surface area contributed by atoms with Crippen molar-refractivity contribution >= 4 is 19.7 Å². The Morgan fingerprint density at radius 2 is 1.96 bits per heavy atom. The molecule has 6 atom stereocenters. The van der Waals surface area contributed by atoms with Gasteiger partial charge in [0.05, 0.1) is 18.8 Å². The van der Waals surface area contributed by atoms with Gasteiger partial charge < -0.3 is 50.2 Å². The predicted octanol–water partition coefficient (Wildman–Crippen LogP) is -8.09. The number of aliphatic carboxylic acids is 1. The normalized spacial score (nSPS) is 31.4. The summed E-state index contributed by atoms with van der Waals surface area (Å²) in [6, 6.07) is -1.48. The van der Waals surface area contributed by atoms with Gasteiger partial charge in [-0.2, -0.15) is 0 Å². The maximum absolute atomic E-state index is 11.3. The van der Waals surface area contributed by atoms with Gasteiger partial charge in [0.25, 0.3) is 0 Å². The molecule has 13 nitrogen and oxygen atoms in total. The molecule has 0 aromatic rings. The first-order chi connectivity index (χ1) is 11.3. The Morgan fingerprint density at radius 1 is 1.42 bits per heavy atom. The molecule has 0 saturated carbocycles. The molecular formula is C11H19NNaO12P. The molecule has 146 valence electrons. The number of aliphatic hydroxyl groups excluding tert-OH is 4. The molecule has 1 rings (SSSR count). The second-order valence-electron chi connectivity index (χ2n) is 5.44. The van der Waals surface area contributed by atoms with Crippen LogP contribution in [0.15, 0.2) is 0 Å². The number of carbonyl (C=O) groups excluding carboxylic acids is 2. The van der Waals surface area contributed by atoms with Crippen molar-refractivity contribution in [1.82, 2.24) is 5.32 Å². The Kier molecular flexibility index (Phi) is 9.81. The number of nitrogens with one attached hydrogen (secondary N) is 1. The van der Waals surface area contributed by atoms with Gasteiger partial charge in [0.1, 0.15) is 24.3 Å². The maximum atomic E-state index is 11.3. The third kappa shape index (κ3) is 6.48. The minimum absolute atomic E-state index is 0. The first-order valence-corrected chi connectivity index (χ1v) is 8.43. The molecule has 0 aromatic heterocycles. The summed E-state index contributed by atoms with van der Waals surface area (Å²) < 4.78 is 20.0. The average molecular weight is 411 g/mol. The van der Waals surface area contributed by atoms with Gasteiger partial charge in [0.2, 0.25) is 11.7 Å². The molecule has 0 unspecified atom stereocenters. The Bertz CT molecular complexity index is 557. The van der Waals surface area contributed by atoms with Crippen LogP contribution >= 0.6 is 7.82 Å². The number of hydrogen-bond acceptors (Lipinski definition) is 10. The summed E-state index contributed by atoms with van der Waals surface area (Å²) in [4.78, 5) is 40.3. The molecular weight excluding hydrogens is 392 g/mol. The molecule has 26 heavy (non-hydrogen) atoms. The van der Waals surface area contributed by atoms with Crippen LogP contribution in [0.4, 0.5) is 0 Å². The van der Waals surface area contributed by atoms with Crippen molar-refractivity contribution in [3.8, 4) is 0 Å². The second-order valence-corrected chi connectivity index (χ2v) is 6.61. The Balaban J connectivity index is 0.00000625. The molecule has 0 bridgehead atoms. The molecule has 1 fully saturated rings. The van der Waals surface area contributed by atoms with E-state index in [-0.39, 0.29) is 29.6 Å². The van der Waals surface area contributed by atoms with E-state index in [1.54, 1.807) is 0 Å². The van der Waals surface area contributed by atoms with E-state index in [1.807, 2.05) is 0 Å². The Labute approximate surface area is 169 Å². The van der Waals surface area contributed by atoms with Crippen molar-refractivity contribution in [2.24, 2.45) is 0 Å². The van der Waals surface area contributed by atoms with Crippen LogP contribution in [0, 0.1) is 0 Å². The standard InChI is InChI=1S/C11H20NO12P.Na/c1-4(14)12-7-5(15)2-11(10(18)19,24-25(20,21)22)23-9(7)8(17)6(16)3-13;/h5-9,13,15-17H,2-3H2,1H3,(H,12,14)(H,18,19)(H2,20,21,22);/q;+1/p-1/t5-,6+,7+,8+,9+,11+;/m0./s1. The summed E-state index contributed by atoms with van der Waals surface area (Å²) in [7, 11) is -5.45. The fraction of sp³-hybridized carbons (Fsp3) is 0.818. The number of amides is 1. The topological polar surface area (TPSA) is 226 Å². The van der Waals surface area contributed by atoms with E-state index in [2.05, 4.69) is 9.84 Å². The van der Waals surface area contributed by atoms with E-state index < -0.39 is 69.0 Å². The number of carboxylic acids is 1. The van der Waals surface area contributed by atoms with Crippen molar-refractivity contribution in [3.63, 3.8) is 0 Å². The van der Waals surface area contributed by atoms with Crippen LogP contribution in [0.3, 0.4) is 0 Å². The molecule has 0 radical (unpaired) electrons. The largest absolute Gasteiger partial charge is 1.00 e. The molecule has 7 N–H and O–H groups in total. The van der Waals surface area contributed by atoms with E-state index in [9.17, 15) is 34.6 Å². The van der Waals surface area contributed by atoms with Crippen molar-refractivity contribution in [2.45, 2.75) is 49.6 Å². The number of carboxylic acid groups (broad SMARTS) is 1. The fourth-order valence-corrected chi connectivity index (χ4v) is 2.98. The first kappa shape index (κ1) is 25.9. The zero-order valence-corrected chi connectivity index (χ0v) is 16.8. The van der Waals surface area contributed by atoms with Crippen LogP contribution < -0.4 is 40.0 Å². The van der Waals surface area contributed by atoms with Gasteiger partial charge in [-0.15, -0.1) is 0 Å². The summed E-state index contributed by atoms with van der Waals surface area (Å²) >= 11 is 0. The summed E-state index contributed by atoms with van der Waals surface area (Å²) in [6.45, 7) is 0.0347. The van der Waals surface area contributed by atoms with Crippen LogP contribution in [0.5, 0.6) is 0 Å². The fourth-order valence-electron chi connectivity index (χ4n) is 2.40. The number of phosphoric acid groups is 1. The van der Waals surface area contributed by atoms with Crippen LogP contribution in [-0.4, -0.2) is 84.9 Å². The average Bonchev–Trinajstić information content (AvgIpc) is 2.46. The monoisotopic (exact) mass is 411 g/mol. The smallest absolute Gasteiger partial charge is 0.544 e. The van der Waals surface area contributed by atoms with Crippen molar-refractivity contribution < 1.29 is 88.3 Å². The second kappa shape index (κ2) is 9.87. The maximum Gasteiger partial charge on any atom is 1.00 e. The third-order valence-corrected chi connectivity index (χ3v) is 3.97. The van der Waals surface area contributed by atoms with Crippen LogP contribution in [0.2, 0.25) is 0 Å². The van der Waals surface area contributed by atoms with Crippen LogP contribution in [0.25, 0.3) is 0 Å². The summed E-state index contributed by atoms with van der Waals surface area (Å²) in [5.41, 5.74) is 0. The minimum atomic E-state index is -5.45. The van der Waals surface area contributed by atoms with E-state index in [4.69, 9.17) is 19.6 Å². The van der Waals surface area contributed by atoms with Gasteiger partial charge in [-0.3, -0.25) is 4.79 Å². The number of phosphoric ester groups is 1. The van der Waals surface area contributed by atoms with E-state index in [1.165, 1.54) is 0 Å². The molecule has 1 aliphatic rings. The van der Waals surface area contributed by atoms with Crippen molar-refractivity contribution in [2.75, 3.05) is 6.61 Å². The first-order valence-electron chi connectivity index (χ1n) is 6.90. The molecule has 0 spiro atoms. The van der Waals surface area contributed by atoms with Gasteiger partial charge in [-0.25, -0.2) is 9.09 Å². The van der Waals surface area contributed by atoms with Gasteiger partial charge in [-0.1, -0.05) is 0 Å². The number of hydrogen-bond donors (Lipinski definition) is 7. The van der Waals surface area contributed by atoms with Crippen molar-refractivity contribution in [1.29, 1.82) is 0 Å². The quantitative estimate of drug-likeness (QED) is 0.153.